The number of hydrogen-bond donors (Lipinski definition) is 3. The number of ether oxygens (including phenoxy) is 1. The minimum absolute atomic E-state index is 0.0325. The van der Waals surface area contributed by atoms with Gasteiger partial charge in [-0.15, -0.1) is 0 Å². The molecule has 222 valence electrons. The van der Waals surface area contributed by atoms with Gasteiger partial charge in [-0.3, -0.25) is 24.0 Å². The van der Waals surface area contributed by atoms with Crippen LogP contribution in [0.1, 0.15) is 50.9 Å². The molecular formula is C32H37N3O7. The van der Waals surface area contributed by atoms with Crippen LogP contribution in [0.3, 0.4) is 0 Å². The Labute approximate surface area is 244 Å². The SMILES string of the molecule is CC(=O)[C@@H](NO)C(C(=O)Cn1c(Cc2ccccc2)ccc(NC(=O)CCc2ccccc2)c1=O)C(=O)OC(C)(C)C. The number of hydroxylamine groups is 1. The molecule has 10 nitrogen and oxygen atoms in total. The van der Waals surface area contributed by atoms with Gasteiger partial charge in [-0.05, 0) is 57.4 Å². The van der Waals surface area contributed by atoms with Gasteiger partial charge in [0, 0.05) is 18.5 Å². The van der Waals surface area contributed by atoms with Crippen LogP contribution in [0.2, 0.25) is 0 Å². The van der Waals surface area contributed by atoms with Crippen molar-refractivity contribution in [2.45, 2.75) is 65.1 Å². The number of pyridine rings is 1. The Morgan fingerprint density at radius 2 is 1.50 bits per heavy atom. The fourth-order valence-corrected chi connectivity index (χ4v) is 4.43. The Kier molecular flexibility index (Phi) is 11.1. The van der Waals surface area contributed by atoms with Crippen molar-refractivity contribution < 1.29 is 29.1 Å². The molecule has 0 bridgehead atoms. The van der Waals surface area contributed by atoms with E-state index < -0.39 is 47.2 Å². The van der Waals surface area contributed by atoms with E-state index >= 15 is 0 Å². The lowest BCUT2D eigenvalue weighted by molar-refractivity contribution is -0.166. The second kappa shape index (κ2) is 14.5. The van der Waals surface area contributed by atoms with Crippen molar-refractivity contribution in [1.29, 1.82) is 0 Å². The van der Waals surface area contributed by atoms with E-state index in [4.69, 9.17) is 4.74 Å². The summed E-state index contributed by atoms with van der Waals surface area (Å²) in [6, 6.07) is 20.2. The monoisotopic (exact) mass is 575 g/mol. The molecule has 0 saturated heterocycles. The number of hydrogen-bond acceptors (Lipinski definition) is 8. The zero-order valence-electron chi connectivity index (χ0n) is 24.3. The molecule has 1 aromatic heterocycles. The molecule has 2 aromatic carbocycles. The summed E-state index contributed by atoms with van der Waals surface area (Å²) in [6.07, 6.45) is 0.887. The van der Waals surface area contributed by atoms with Gasteiger partial charge in [-0.2, -0.15) is 5.48 Å². The fraction of sp³-hybridized carbons (Fsp3) is 0.344. The van der Waals surface area contributed by atoms with Crippen molar-refractivity contribution in [3.05, 3.63) is 100.0 Å². The van der Waals surface area contributed by atoms with Crippen molar-refractivity contribution in [2.24, 2.45) is 5.92 Å². The molecular weight excluding hydrogens is 538 g/mol. The summed E-state index contributed by atoms with van der Waals surface area (Å²) < 4.78 is 6.55. The number of nitrogens with zero attached hydrogens (tertiary/aromatic N) is 1. The number of nitrogens with one attached hydrogen (secondary N) is 2. The van der Waals surface area contributed by atoms with Crippen molar-refractivity contribution in [1.82, 2.24) is 10.0 Å². The predicted molar refractivity (Wildman–Crippen MR) is 157 cm³/mol. The minimum atomic E-state index is -1.73. The zero-order chi connectivity index (χ0) is 30.9. The molecule has 10 heteroatoms. The molecule has 1 heterocycles. The van der Waals surface area contributed by atoms with Gasteiger partial charge in [-0.1, -0.05) is 60.7 Å². The molecule has 3 N–H and O–H groups in total. The summed E-state index contributed by atoms with van der Waals surface area (Å²) in [5.41, 5.74) is 2.37. The maximum atomic E-state index is 13.7. The Morgan fingerprint density at radius 3 is 2.05 bits per heavy atom. The van der Waals surface area contributed by atoms with Crippen LogP contribution in [0.25, 0.3) is 0 Å². The molecule has 0 spiro atoms. The first-order valence-electron chi connectivity index (χ1n) is 13.7. The van der Waals surface area contributed by atoms with Crippen LogP contribution in [0, 0.1) is 5.92 Å². The second-order valence-corrected chi connectivity index (χ2v) is 11.0. The number of anilines is 1. The van der Waals surface area contributed by atoms with E-state index in [1.54, 1.807) is 32.3 Å². The van der Waals surface area contributed by atoms with Gasteiger partial charge in [0.25, 0.3) is 5.56 Å². The second-order valence-electron chi connectivity index (χ2n) is 11.0. The fourth-order valence-electron chi connectivity index (χ4n) is 4.43. The maximum absolute atomic E-state index is 13.7. The molecule has 3 aromatic rings. The third-order valence-corrected chi connectivity index (χ3v) is 6.48. The van der Waals surface area contributed by atoms with E-state index in [1.165, 1.54) is 10.6 Å². The molecule has 0 aliphatic heterocycles. The highest BCUT2D eigenvalue weighted by Crippen LogP contribution is 2.18. The summed E-state index contributed by atoms with van der Waals surface area (Å²) in [5, 5.41) is 12.3. The normalized spacial score (nSPS) is 12.7. The van der Waals surface area contributed by atoms with Crippen LogP contribution >= 0.6 is 0 Å². The predicted octanol–water partition coefficient (Wildman–Crippen LogP) is 3.47. The number of esters is 1. The van der Waals surface area contributed by atoms with Crippen LogP contribution < -0.4 is 16.4 Å². The van der Waals surface area contributed by atoms with E-state index in [2.05, 4.69) is 5.32 Å². The number of aryl methyl sites for hydroxylation is 1. The molecule has 2 atom stereocenters. The average Bonchev–Trinajstić information content (AvgIpc) is 2.93. The summed E-state index contributed by atoms with van der Waals surface area (Å²) in [5.74, 6) is -4.62. The first-order valence-corrected chi connectivity index (χ1v) is 13.7. The Bertz CT molecular complexity index is 1460. The Morgan fingerprint density at radius 1 is 0.905 bits per heavy atom. The first-order chi connectivity index (χ1) is 19.9. The summed E-state index contributed by atoms with van der Waals surface area (Å²) in [7, 11) is 0. The lowest BCUT2D eigenvalue weighted by atomic mass is 9.92. The number of ketones is 2. The van der Waals surface area contributed by atoms with E-state index in [0.717, 1.165) is 18.1 Å². The molecule has 0 aliphatic rings. The van der Waals surface area contributed by atoms with Gasteiger partial charge in [0.05, 0.1) is 6.54 Å². The van der Waals surface area contributed by atoms with Crippen molar-refractivity contribution in [3.8, 4) is 0 Å². The molecule has 42 heavy (non-hydrogen) atoms. The van der Waals surface area contributed by atoms with E-state index in [9.17, 15) is 29.2 Å². The largest absolute Gasteiger partial charge is 0.459 e. The molecule has 0 fully saturated rings. The number of carbonyl (C=O) groups excluding carboxylic acids is 4. The standard InChI is InChI=1S/C32H37N3O7/c1-21(36)29(34-41)28(31(40)42-32(2,3)4)26(37)20-35-24(19-23-13-9-6-10-14-23)16-17-25(30(35)39)33-27(38)18-15-22-11-7-5-8-12-22/h5-14,16-17,28-29,34,41H,15,18-20H2,1-4H3,(H,33,38)/t28?,29-/m1/s1. The van der Waals surface area contributed by atoms with Gasteiger partial charge < -0.3 is 19.8 Å². The van der Waals surface area contributed by atoms with Crippen molar-refractivity contribution in [2.75, 3.05) is 5.32 Å². The van der Waals surface area contributed by atoms with E-state index in [-0.39, 0.29) is 24.4 Å². The summed E-state index contributed by atoms with van der Waals surface area (Å²) >= 11 is 0. The number of rotatable bonds is 13. The van der Waals surface area contributed by atoms with E-state index in [0.29, 0.717) is 12.1 Å². The highest BCUT2D eigenvalue weighted by molar-refractivity contribution is 6.04. The van der Waals surface area contributed by atoms with Crippen LogP contribution in [0.5, 0.6) is 0 Å². The van der Waals surface area contributed by atoms with Crippen LogP contribution in [0.15, 0.2) is 77.6 Å². The molecule has 0 radical (unpaired) electrons. The number of carbonyl (C=O) groups is 4. The highest BCUT2D eigenvalue weighted by atomic mass is 16.6. The maximum Gasteiger partial charge on any atom is 0.319 e. The number of amides is 1. The van der Waals surface area contributed by atoms with Crippen molar-refractivity contribution in [3.63, 3.8) is 0 Å². The Balaban J connectivity index is 1.96. The number of Topliss-reactive ketones (excluding diaryl/α,β-unsaturated/α-hetero) is 2. The minimum Gasteiger partial charge on any atom is -0.459 e. The first kappa shape index (κ1) is 32.1. The average molecular weight is 576 g/mol. The molecule has 0 aliphatic carbocycles. The van der Waals surface area contributed by atoms with Gasteiger partial charge in [0.2, 0.25) is 5.91 Å². The quantitative estimate of drug-likeness (QED) is 0.160. The van der Waals surface area contributed by atoms with Gasteiger partial charge in [0.1, 0.15) is 29.0 Å². The van der Waals surface area contributed by atoms with Gasteiger partial charge >= 0.3 is 5.97 Å². The molecule has 3 rings (SSSR count). The summed E-state index contributed by atoms with van der Waals surface area (Å²) in [4.78, 5) is 65.4. The third-order valence-electron chi connectivity index (χ3n) is 6.48. The number of aromatic nitrogens is 1. The topological polar surface area (TPSA) is 144 Å². The molecule has 1 unspecified atom stereocenters. The van der Waals surface area contributed by atoms with E-state index in [1.807, 2.05) is 60.7 Å². The summed E-state index contributed by atoms with van der Waals surface area (Å²) in [6.45, 7) is 5.33. The van der Waals surface area contributed by atoms with Gasteiger partial charge in [0.15, 0.2) is 5.78 Å². The molecule has 1 amide bonds. The third kappa shape index (κ3) is 9.05. The number of benzene rings is 2. The Hall–Kier alpha value is -4.41. The zero-order valence-corrected chi connectivity index (χ0v) is 24.3. The highest BCUT2D eigenvalue weighted by Gasteiger charge is 2.40. The smallest absolute Gasteiger partial charge is 0.319 e. The van der Waals surface area contributed by atoms with Crippen molar-refractivity contribution >= 4 is 29.1 Å². The van der Waals surface area contributed by atoms with Crippen LogP contribution in [-0.2, 0) is 43.3 Å². The molecule has 0 saturated carbocycles. The lowest BCUT2D eigenvalue weighted by Gasteiger charge is -2.27. The lowest BCUT2D eigenvalue weighted by Crippen LogP contribution is -2.50. The van der Waals surface area contributed by atoms with Gasteiger partial charge in [-0.25, -0.2) is 0 Å². The van der Waals surface area contributed by atoms with Crippen LogP contribution in [-0.4, -0.2) is 44.9 Å². The van der Waals surface area contributed by atoms with Crippen LogP contribution in [0.4, 0.5) is 5.69 Å².